The second-order valence-corrected chi connectivity index (χ2v) is 4.55. The summed E-state index contributed by atoms with van der Waals surface area (Å²) in [4.78, 5) is 2.52. The van der Waals surface area contributed by atoms with Crippen molar-refractivity contribution in [2.75, 3.05) is 13.1 Å². The van der Waals surface area contributed by atoms with E-state index in [1.54, 1.807) is 0 Å². The molecule has 1 aliphatic heterocycles. The summed E-state index contributed by atoms with van der Waals surface area (Å²) in [7, 11) is 0. The van der Waals surface area contributed by atoms with Gasteiger partial charge in [-0.05, 0) is 25.3 Å². The molecule has 0 amide bonds. The van der Waals surface area contributed by atoms with Crippen LogP contribution in [0.4, 0.5) is 0 Å². The second-order valence-electron chi connectivity index (χ2n) is 4.55. The summed E-state index contributed by atoms with van der Waals surface area (Å²) >= 11 is 0. The van der Waals surface area contributed by atoms with Crippen molar-refractivity contribution < 1.29 is 0 Å². The minimum absolute atomic E-state index is 0.695. The minimum atomic E-state index is 0.695. The van der Waals surface area contributed by atoms with Crippen LogP contribution in [0, 0.1) is 5.92 Å². The molecule has 1 aromatic rings. The third kappa shape index (κ3) is 1.46. The van der Waals surface area contributed by atoms with Crippen LogP contribution in [-0.2, 0) is 13.1 Å². The van der Waals surface area contributed by atoms with E-state index < -0.39 is 0 Å². The molecular weight excluding hydrogens is 190 g/mol. The lowest BCUT2D eigenvalue weighted by molar-refractivity contribution is 0.0437. The average molecular weight is 207 g/mol. The van der Waals surface area contributed by atoms with Crippen LogP contribution in [0.2, 0.25) is 0 Å². The number of aromatic nitrogens is 3. The fraction of sp³-hybridized carbons (Fsp3) is 0.800. The molecule has 2 unspecified atom stereocenters. The molecule has 5 nitrogen and oxygen atoms in total. The molecule has 0 radical (unpaired) electrons. The fourth-order valence-electron chi connectivity index (χ4n) is 2.68. The Balaban J connectivity index is 1.71. The molecule has 0 bridgehead atoms. The summed E-state index contributed by atoms with van der Waals surface area (Å²) in [6.07, 6.45) is 4.42. The lowest BCUT2D eigenvalue weighted by atomic mass is 9.78. The number of nitrogens with two attached hydrogens (primary N) is 1. The quantitative estimate of drug-likeness (QED) is 0.731. The number of nitrogens with zero attached hydrogens (tertiary/aromatic N) is 4. The maximum Gasteiger partial charge on any atom is 0.147 e. The van der Waals surface area contributed by atoms with E-state index in [9.17, 15) is 0 Å². The van der Waals surface area contributed by atoms with Crippen LogP contribution in [0.1, 0.15) is 18.7 Å². The van der Waals surface area contributed by atoms with Crippen LogP contribution in [0.3, 0.4) is 0 Å². The van der Waals surface area contributed by atoms with Gasteiger partial charge in [0.1, 0.15) is 12.2 Å². The highest BCUT2D eigenvalue weighted by molar-refractivity contribution is 4.96. The minimum Gasteiger partial charge on any atom is -0.330 e. The van der Waals surface area contributed by atoms with E-state index in [0.717, 1.165) is 32.0 Å². The molecule has 1 fully saturated rings. The first kappa shape index (κ1) is 9.30. The van der Waals surface area contributed by atoms with Crippen molar-refractivity contribution in [2.45, 2.75) is 32.0 Å². The van der Waals surface area contributed by atoms with Gasteiger partial charge in [0.15, 0.2) is 0 Å². The van der Waals surface area contributed by atoms with Crippen molar-refractivity contribution >= 4 is 0 Å². The highest BCUT2D eigenvalue weighted by Crippen LogP contribution is 2.32. The van der Waals surface area contributed by atoms with E-state index in [4.69, 9.17) is 5.73 Å². The van der Waals surface area contributed by atoms with E-state index in [1.165, 1.54) is 12.8 Å². The van der Waals surface area contributed by atoms with Crippen LogP contribution < -0.4 is 5.73 Å². The zero-order valence-electron chi connectivity index (χ0n) is 8.84. The Morgan fingerprint density at radius 2 is 2.33 bits per heavy atom. The predicted octanol–water partition coefficient (Wildman–Crippen LogP) is -0.169. The van der Waals surface area contributed by atoms with Gasteiger partial charge in [-0.2, -0.15) is 0 Å². The average Bonchev–Trinajstić information content (AvgIpc) is 2.64. The lowest BCUT2D eigenvalue weighted by Crippen LogP contribution is -2.52. The Kier molecular flexibility index (Phi) is 2.21. The molecule has 82 valence electrons. The van der Waals surface area contributed by atoms with E-state index in [1.807, 2.05) is 6.33 Å². The first-order valence-electron chi connectivity index (χ1n) is 5.69. The zero-order chi connectivity index (χ0) is 10.3. The monoisotopic (exact) mass is 207 g/mol. The molecule has 0 saturated heterocycles. The van der Waals surface area contributed by atoms with Crippen molar-refractivity contribution in [2.24, 2.45) is 11.7 Å². The smallest absolute Gasteiger partial charge is 0.147 e. The lowest BCUT2D eigenvalue weighted by Gasteiger charge is -2.45. The molecule has 2 N–H and O–H groups in total. The van der Waals surface area contributed by atoms with Crippen molar-refractivity contribution in [3.63, 3.8) is 0 Å². The fourth-order valence-corrected chi connectivity index (χ4v) is 2.68. The Hall–Kier alpha value is -0.940. The Bertz CT molecular complexity index is 345. The maximum absolute atomic E-state index is 5.75. The van der Waals surface area contributed by atoms with Crippen LogP contribution >= 0.6 is 0 Å². The summed E-state index contributed by atoms with van der Waals surface area (Å²) < 4.78 is 2.15. The summed E-state index contributed by atoms with van der Waals surface area (Å²) in [5.74, 6) is 1.81. The number of fused-ring (bicyclic) bond motifs is 1. The van der Waals surface area contributed by atoms with Gasteiger partial charge < -0.3 is 10.3 Å². The van der Waals surface area contributed by atoms with Gasteiger partial charge in [-0.1, -0.05) is 0 Å². The third-order valence-electron chi connectivity index (χ3n) is 3.82. The molecule has 0 spiro atoms. The molecular formula is C10H17N5. The predicted molar refractivity (Wildman–Crippen MR) is 56.0 cm³/mol. The SMILES string of the molecule is NCC1CCC1N1CCn2cnnc2C1. The summed E-state index contributed by atoms with van der Waals surface area (Å²) in [6, 6.07) is 0.695. The normalized spacial score (nSPS) is 31.0. The summed E-state index contributed by atoms with van der Waals surface area (Å²) in [6.45, 7) is 3.91. The Morgan fingerprint density at radius 3 is 3.07 bits per heavy atom. The molecule has 2 aliphatic rings. The topological polar surface area (TPSA) is 60.0 Å². The van der Waals surface area contributed by atoms with Gasteiger partial charge in [-0.25, -0.2) is 0 Å². The molecule has 1 aromatic heterocycles. The summed E-state index contributed by atoms with van der Waals surface area (Å²) in [5.41, 5.74) is 5.75. The van der Waals surface area contributed by atoms with Crippen molar-refractivity contribution in [1.29, 1.82) is 0 Å². The molecule has 0 aromatic carbocycles. The van der Waals surface area contributed by atoms with Gasteiger partial charge in [0.25, 0.3) is 0 Å². The van der Waals surface area contributed by atoms with Gasteiger partial charge in [-0.15, -0.1) is 10.2 Å². The highest BCUT2D eigenvalue weighted by Gasteiger charge is 2.36. The van der Waals surface area contributed by atoms with Crippen molar-refractivity contribution in [3.05, 3.63) is 12.2 Å². The molecule has 5 heteroatoms. The molecule has 2 atom stereocenters. The Labute approximate surface area is 89.3 Å². The molecule has 1 saturated carbocycles. The van der Waals surface area contributed by atoms with Gasteiger partial charge in [0.05, 0.1) is 6.54 Å². The number of rotatable bonds is 2. The maximum atomic E-state index is 5.75. The van der Waals surface area contributed by atoms with Gasteiger partial charge in [-0.3, -0.25) is 4.90 Å². The van der Waals surface area contributed by atoms with Crippen LogP contribution in [0.5, 0.6) is 0 Å². The molecule has 15 heavy (non-hydrogen) atoms. The van der Waals surface area contributed by atoms with Crippen LogP contribution in [0.25, 0.3) is 0 Å². The van der Waals surface area contributed by atoms with Crippen molar-refractivity contribution in [1.82, 2.24) is 19.7 Å². The van der Waals surface area contributed by atoms with Gasteiger partial charge >= 0.3 is 0 Å². The van der Waals surface area contributed by atoms with E-state index in [-0.39, 0.29) is 0 Å². The van der Waals surface area contributed by atoms with E-state index in [2.05, 4.69) is 19.7 Å². The van der Waals surface area contributed by atoms with Crippen molar-refractivity contribution in [3.8, 4) is 0 Å². The van der Waals surface area contributed by atoms with Crippen LogP contribution in [-0.4, -0.2) is 38.8 Å². The summed E-state index contributed by atoms with van der Waals surface area (Å²) in [5, 5.41) is 8.08. The first-order valence-corrected chi connectivity index (χ1v) is 5.69. The van der Waals surface area contributed by atoms with E-state index >= 15 is 0 Å². The first-order chi connectivity index (χ1) is 7.38. The molecule has 1 aliphatic carbocycles. The van der Waals surface area contributed by atoms with E-state index in [0.29, 0.717) is 12.0 Å². The number of hydrogen-bond acceptors (Lipinski definition) is 4. The second kappa shape index (κ2) is 3.57. The largest absolute Gasteiger partial charge is 0.330 e. The molecule has 2 heterocycles. The van der Waals surface area contributed by atoms with Gasteiger partial charge in [0.2, 0.25) is 0 Å². The Morgan fingerprint density at radius 1 is 1.40 bits per heavy atom. The van der Waals surface area contributed by atoms with Crippen LogP contribution in [0.15, 0.2) is 6.33 Å². The highest BCUT2D eigenvalue weighted by atomic mass is 15.3. The zero-order valence-corrected chi connectivity index (χ0v) is 8.84. The molecule has 3 rings (SSSR count). The third-order valence-corrected chi connectivity index (χ3v) is 3.82. The number of hydrogen-bond donors (Lipinski definition) is 1. The van der Waals surface area contributed by atoms with Gasteiger partial charge in [0, 0.05) is 19.1 Å². The standard InChI is InChI=1S/C10H17N5/c11-5-8-1-2-9(8)14-3-4-15-7-12-13-10(15)6-14/h7-9H,1-6,11H2.